The smallest absolute Gasteiger partial charge is 0.0595 e. The molecule has 2 rings (SSSR count). The molecule has 2 unspecified atom stereocenters. The van der Waals surface area contributed by atoms with E-state index in [9.17, 15) is 0 Å². The number of nitrogens with zero attached hydrogens (tertiary/aromatic N) is 1. The fourth-order valence-corrected chi connectivity index (χ4v) is 4.06. The van der Waals surface area contributed by atoms with E-state index < -0.39 is 0 Å². The van der Waals surface area contributed by atoms with Crippen LogP contribution in [0.2, 0.25) is 0 Å². The van der Waals surface area contributed by atoms with Gasteiger partial charge in [0.2, 0.25) is 0 Å². The number of aryl methyl sites for hydroxylation is 1. The third kappa shape index (κ3) is 3.37. The number of rotatable bonds is 5. The molecular weight excluding hydrogens is 256 g/mol. The Morgan fingerprint density at radius 3 is 2.68 bits per heavy atom. The van der Waals surface area contributed by atoms with Gasteiger partial charge in [0.05, 0.1) is 6.04 Å². The molecule has 0 amide bonds. The summed E-state index contributed by atoms with van der Waals surface area (Å²) in [5.41, 5.74) is 7.79. The average molecular weight is 282 g/mol. The van der Waals surface area contributed by atoms with E-state index in [-0.39, 0.29) is 6.04 Å². The topological polar surface area (TPSA) is 38.5 Å². The number of hydrogen-bond donors (Lipinski definition) is 1. The first-order valence-electron chi connectivity index (χ1n) is 7.24. The van der Waals surface area contributed by atoms with Crippen LogP contribution in [0.4, 0.5) is 0 Å². The minimum atomic E-state index is 0.199. The zero-order chi connectivity index (χ0) is 13.8. The number of hydrogen-bond acceptors (Lipinski definition) is 4. The Morgan fingerprint density at radius 1 is 1.47 bits per heavy atom. The van der Waals surface area contributed by atoms with E-state index in [2.05, 4.69) is 37.2 Å². The minimum absolute atomic E-state index is 0.199. The van der Waals surface area contributed by atoms with Crippen LogP contribution in [-0.2, 0) is 4.74 Å². The van der Waals surface area contributed by atoms with Crippen molar-refractivity contribution >= 4 is 11.3 Å². The van der Waals surface area contributed by atoms with Crippen molar-refractivity contribution < 1.29 is 4.74 Å². The molecule has 2 heterocycles. The largest absolute Gasteiger partial charge is 0.381 e. The first kappa shape index (κ1) is 15.0. The highest BCUT2D eigenvalue weighted by atomic mass is 32.1. The molecule has 0 aromatic carbocycles. The molecule has 1 fully saturated rings. The van der Waals surface area contributed by atoms with Crippen LogP contribution in [0.15, 0.2) is 11.4 Å². The molecule has 0 bridgehead atoms. The standard InChI is InChI=1S/C15H26N2OS/c1-4-13(16)14(15-11(2)7-10-19-15)17(3)12-5-8-18-9-6-12/h7,10,12-14H,4-6,8-9,16H2,1-3H3. The van der Waals surface area contributed by atoms with Gasteiger partial charge in [-0.05, 0) is 50.2 Å². The zero-order valence-corrected chi connectivity index (χ0v) is 13.1. The van der Waals surface area contributed by atoms with E-state index in [4.69, 9.17) is 10.5 Å². The summed E-state index contributed by atoms with van der Waals surface area (Å²) in [6.07, 6.45) is 3.25. The molecule has 1 aromatic heterocycles. The molecule has 2 N–H and O–H groups in total. The van der Waals surface area contributed by atoms with Crippen LogP contribution in [0.5, 0.6) is 0 Å². The van der Waals surface area contributed by atoms with Gasteiger partial charge in [0.15, 0.2) is 0 Å². The third-order valence-corrected chi connectivity index (χ3v) is 5.34. The molecule has 0 saturated carbocycles. The van der Waals surface area contributed by atoms with Gasteiger partial charge >= 0.3 is 0 Å². The average Bonchev–Trinajstić information content (AvgIpc) is 2.86. The van der Waals surface area contributed by atoms with Crippen molar-refractivity contribution in [3.05, 3.63) is 21.9 Å². The van der Waals surface area contributed by atoms with Gasteiger partial charge in [0.25, 0.3) is 0 Å². The van der Waals surface area contributed by atoms with Crippen LogP contribution < -0.4 is 5.73 Å². The second-order valence-corrected chi connectivity index (χ2v) is 6.44. The molecule has 1 saturated heterocycles. The Kier molecular flexibility index (Phi) is 5.39. The Bertz CT molecular complexity index is 387. The lowest BCUT2D eigenvalue weighted by Crippen LogP contribution is -2.45. The van der Waals surface area contributed by atoms with Crippen LogP contribution in [0.25, 0.3) is 0 Å². The van der Waals surface area contributed by atoms with Crippen LogP contribution >= 0.6 is 11.3 Å². The Morgan fingerprint density at radius 2 is 2.16 bits per heavy atom. The maximum absolute atomic E-state index is 6.42. The van der Waals surface area contributed by atoms with Gasteiger partial charge in [-0.15, -0.1) is 11.3 Å². The molecule has 1 aliphatic rings. The Balaban J connectivity index is 2.19. The summed E-state index contributed by atoms with van der Waals surface area (Å²) in [6, 6.07) is 3.34. The second kappa shape index (κ2) is 6.84. The number of thiophene rings is 1. The van der Waals surface area contributed by atoms with E-state index in [1.807, 2.05) is 11.3 Å². The minimum Gasteiger partial charge on any atom is -0.381 e. The maximum atomic E-state index is 6.42. The maximum Gasteiger partial charge on any atom is 0.0595 e. The summed E-state index contributed by atoms with van der Waals surface area (Å²) in [6.45, 7) is 6.14. The quantitative estimate of drug-likeness (QED) is 0.902. The first-order chi connectivity index (χ1) is 9.15. The van der Waals surface area contributed by atoms with E-state index in [0.29, 0.717) is 12.1 Å². The van der Waals surface area contributed by atoms with Crippen molar-refractivity contribution in [3.63, 3.8) is 0 Å². The predicted octanol–water partition coefficient (Wildman–Crippen LogP) is 2.95. The molecule has 19 heavy (non-hydrogen) atoms. The SMILES string of the molecule is CCC(N)C(c1sccc1C)N(C)C1CCOCC1. The third-order valence-electron chi connectivity index (χ3n) is 4.25. The monoisotopic (exact) mass is 282 g/mol. The fraction of sp³-hybridized carbons (Fsp3) is 0.733. The van der Waals surface area contributed by atoms with E-state index >= 15 is 0 Å². The highest BCUT2D eigenvalue weighted by Gasteiger charge is 2.31. The summed E-state index contributed by atoms with van der Waals surface area (Å²) in [5.74, 6) is 0. The lowest BCUT2D eigenvalue weighted by Gasteiger charge is -2.39. The molecule has 4 heteroatoms. The highest BCUT2D eigenvalue weighted by Crippen LogP contribution is 2.33. The molecule has 0 radical (unpaired) electrons. The lowest BCUT2D eigenvalue weighted by molar-refractivity contribution is 0.0239. The van der Waals surface area contributed by atoms with Crippen LogP contribution in [0.3, 0.4) is 0 Å². The Labute approximate surface area is 120 Å². The van der Waals surface area contributed by atoms with Crippen molar-refractivity contribution in [3.8, 4) is 0 Å². The number of nitrogens with two attached hydrogens (primary N) is 1. The summed E-state index contributed by atoms with van der Waals surface area (Å²) < 4.78 is 5.48. The molecule has 3 nitrogen and oxygen atoms in total. The van der Waals surface area contributed by atoms with Crippen molar-refractivity contribution in [2.45, 2.75) is 51.2 Å². The van der Waals surface area contributed by atoms with Crippen molar-refractivity contribution in [1.29, 1.82) is 0 Å². The molecule has 0 aliphatic carbocycles. The summed E-state index contributed by atoms with van der Waals surface area (Å²) in [4.78, 5) is 3.93. The van der Waals surface area contributed by atoms with Crippen molar-refractivity contribution in [2.75, 3.05) is 20.3 Å². The lowest BCUT2D eigenvalue weighted by atomic mass is 9.97. The van der Waals surface area contributed by atoms with Crippen LogP contribution in [0.1, 0.15) is 42.7 Å². The number of ether oxygens (including phenoxy) is 1. The summed E-state index contributed by atoms with van der Waals surface area (Å²) in [5, 5.41) is 2.18. The summed E-state index contributed by atoms with van der Waals surface area (Å²) in [7, 11) is 2.23. The van der Waals surface area contributed by atoms with Gasteiger partial charge in [0, 0.05) is 30.2 Å². The van der Waals surface area contributed by atoms with E-state index in [1.165, 1.54) is 10.4 Å². The van der Waals surface area contributed by atoms with Gasteiger partial charge in [-0.3, -0.25) is 4.90 Å². The van der Waals surface area contributed by atoms with Gasteiger partial charge in [-0.2, -0.15) is 0 Å². The molecule has 1 aromatic rings. The number of likely N-dealkylation sites (N-methyl/N-ethyl adjacent to an activating group) is 1. The Hall–Kier alpha value is -0.420. The van der Waals surface area contributed by atoms with Gasteiger partial charge in [-0.25, -0.2) is 0 Å². The van der Waals surface area contributed by atoms with Crippen LogP contribution in [-0.4, -0.2) is 37.2 Å². The zero-order valence-electron chi connectivity index (χ0n) is 12.3. The fourth-order valence-electron chi connectivity index (χ4n) is 2.91. The molecule has 1 aliphatic heterocycles. The molecule has 2 atom stereocenters. The van der Waals surface area contributed by atoms with E-state index in [0.717, 1.165) is 32.5 Å². The van der Waals surface area contributed by atoms with Gasteiger partial charge in [0.1, 0.15) is 0 Å². The van der Waals surface area contributed by atoms with Gasteiger partial charge in [-0.1, -0.05) is 6.92 Å². The van der Waals surface area contributed by atoms with Crippen molar-refractivity contribution in [1.82, 2.24) is 4.90 Å². The van der Waals surface area contributed by atoms with Gasteiger partial charge < -0.3 is 10.5 Å². The van der Waals surface area contributed by atoms with Crippen molar-refractivity contribution in [2.24, 2.45) is 5.73 Å². The first-order valence-corrected chi connectivity index (χ1v) is 8.12. The second-order valence-electron chi connectivity index (χ2n) is 5.49. The molecular formula is C15H26N2OS. The normalized spacial score (nSPS) is 20.7. The highest BCUT2D eigenvalue weighted by molar-refractivity contribution is 7.10. The summed E-state index contributed by atoms with van der Waals surface area (Å²) >= 11 is 1.84. The molecule has 0 spiro atoms. The molecule has 108 valence electrons. The van der Waals surface area contributed by atoms with E-state index in [1.54, 1.807) is 0 Å². The predicted molar refractivity (Wildman–Crippen MR) is 81.7 cm³/mol. The van der Waals surface area contributed by atoms with Crippen LogP contribution in [0, 0.1) is 6.92 Å².